The minimum Gasteiger partial charge on any atom is -0.469 e. The van der Waals surface area contributed by atoms with E-state index in [4.69, 9.17) is 5.73 Å². The number of carbonyl (C=O) groups excluding carboxylic acids is 2. The maximum atomic E-state index is 11.2. The van der Waals surface area contributed by atoms with E-state index < -0.39 is 11.9 Å². The Kier molecular flexibility index (Phi) is 5.08. The topological polar surface area (TPSA) is 94.3 Å². The predicted octanol–water partition coefficient (Wildman–Crippen LogP) is 0.780. The summed E-state index contributed by atoms with van der Waals surface area (Å²) in [4.78, 5) is 26.5. The normalized spacial score (nSPS) is 12.2. The van der Waals surface area contributed by atoms with Gasteiger partial charge < -0.3 is 15.8 Å². The van der Waals surface area contributed by atoms with Crippen molar-refractivity contribution in [3.8, 4) is 0 Å². The molecule has 3 N–H and O–H groups in total. The molecule has 1 aromatic rings. The highest BCUT2D eigenvalue weighted by Gasteiger charge is 2.20. The third-order valence-corrected chi connectivity index (χ3v) is 3.18. The highest BCUT2D eigenvalue weighted by Crippen LogP contribution is 2.19. The van der Waals surface area contributed by atoms with E-state index in [1.807, 2.05) is 13.8 Å². The van der Waals surface area contributed by atoms with E-state index in [-0.39, 0.29) is 18.3 Å². The van der Waals surface area contributed by atoms with Crippen LogP contribution in [0.4, 0.5) is 5.13 Å². The molecule has 1 aromatic heterocycles. The lowest BCUT2D eigenvalue weighted by Crippen LogP contribution is -2.39. The van der Waals surface area contributed by atoms with Crippen LogP contribution >= 0.6 is 11.3 Å². The fourth-order valence-electron chi connectivity index (χ4n) is 1.37. The summed E-state index contributed by atoms with van der Waals surface area (Å²) in [7, 11) is 1.33. The first-order valence-corrected chi connectivity index (χ1v) is 6.39. The summed E-state index contributed by atoms with van der Waals surface area (Å²) in [5.74, 6) is -0.702. The lowest BCUT2D eigenvalue weighted by Gasteiger charge is -2.17. The first-order chi connectivity index (χ1) is 8.43. The van der Waals surface area contributed by atoms with Crippen molar-refractivity contribution < 1.29 is 14.3 Å². The zero-order valence-electron chi connectivity index (χ0n) is 10.6. The van der Waals surface area contributed by atoms with Gasteiger partial charge >= 0.3 is 5.97 Å². The van der Waals surface area contributed by atoms with Gasteiger partial charge in [0.1, 0.15) is 6.04 Å². The van der Waals surface area contributed by atoms with Gasteiger partial charge in [-0.05, 0) is 5.92 Å². The molecule has 18 heavy (non-hydrogen) atoms. The summed E-state index contributed by atoms with van der Waals surface area (Å²) in [6.45, 7) is 3.79. The number of nitrogens with two attached hydrogens (primary N) is 1. The van der Waals surface area contributed by atoms with Crippen molar-refractivity contribution in [2.45, 2.75) is 26.3 Å². The summed E-state index contributed by atoms with van der Waals surface area (Å²) in [6, 6.07) is -0.470. The van der Waals surface area contributed by atoms with Crippen LogP contribution in [0.5, 0.6) is 0 Å². The Balaban J connectivity index is 2.68. The highest BCUT2D eigenvalue weighted by atomic mass is 32.1. The van der Waals surface area contributed by atoms with Crippen LogP contribution in [0.1, 0.15) is 19.5 Å². The van der Waals surface area contributed by atoms with Crippen LogP contribution in [0.25, 0.3) is 0 Å². The van der Waals surface area contributed by atoms with Crippen molar-refractivity contribution in [1.82, 2.24) is 4.98 Å². The maximum Gasteiger partial charge on any atom is 0.311 e. The zero-order chi connectivity index (χ0) is 13.7. The molecular formula is C11H17N3O3S. The predicted molar refractivity (Wildman–Crippen MR) is 69.3 cm³/mol. The second-order valence-corrected chi connectivity index (χ2v) is 5.02. The molecule has 0 aliphatic heterocycles. The number of hydrogen-bond acceptors (Lipinski definition) is 6. The molecular weight excluding hydrogens is 254 g/mol. The lowest BCUT2D eigenvalue weighted by molar-refractivity contribution is -0.139. The number of methoxy groups -OCH3 is 1. The quantitative estimate of drug-likeness (QED) is 0.746. The van der Waals surface area contributed by atoms with Gasteiger partial charge in [-0.2, -0.15) is 0 Å². The molecule has 0 aromatic carbocycles. The van der Waals surface area contributed by atoms with E-state index in [2.05, 4.69) is 15.0 Å². The second kappa shape index (κ2) is 6.34. The Bertz CT molecular complexity index is 431. The molecule has 0 aliphatic carbocycles. The Morgan fingerprint density at radius 1 is 1.56 bits per heavy atom. The largest absolute Gasteiger partial charge is 0.469 e. The fraction of sp³-hybridized carbons (Fsp3) is 0.545. The van der Waals surface area contributed by atoms with Gasteiger partial charge in [0.15, 0.2) is 5.13 Å². The van der Waals surface area contributed by atoms with Crippen molar-refractivity contribution in [1.29, 1.82) is 0 Å². The molecule has 6 nitrogen and oxygen atoms in total. The van der Waals surface area contributed by atoms with E-state index >= 15 is 0 Å². The van der Waals surface area contributed by atoms with Crippen LogP contribution < -0.4 is 11.1 Å². The summed E-state index contributed by atoms with van der Waals surface area (Å²) in [6.07, 6.45) is 0.123. The first-order valence-electron chi connectivity index (χ1n) is 5.51. The fourth-order valence-corrected chi connectivity index (χ4v) is 2.12. The Morgan fingerprint density at radius 2 is 2.22 bits per heavy atom. The van der Waals surface area contributed by atoms with Gasteiger partial charge in [0.05, 0.1) is 19.2 Å². The van der Waals surface area contributed by atoms with Gasteiger partial charge in [-0.3, -0.25) is 9.59 Å². The molecule has 0 bridgehead atoms. The van der Waals surface area contributed by atoms with Crippen LogP contribution in [-0.4, -0.2) is 30.0 Å². The number of hydrogen-bond donors (Lipinski definition) is 2. The standard InChI is InChI=1S/C11H17N3O3S/c1-6(2)9(10(12)16)14-11-13-7(5-18-11)4-8(15)17-3/h5-6,9H,4H2,1-3H3,(H2,12,16)(H,13,14). The SMILES string of the molecule is COC(=O)Cc1csc(NC(C(N)=O)C(C)C)n1. The van der Waals surface area contributed by atoms with Crippen molar-refractivity contribution in [2.24, 2.45) is 11.7 Å². The number of primary amides is 1. The number of rotatable bonds is 6. The summed E-state index contributed by atoms with van der Waals surface area (Å²) in [5, 5.41) is 5.29. The first kappa shape index (κ1) is 14.4. The minimum absolute atomic E-state index is 0.0652. The molecule has 0 saturated carbocycles. The van der Waals surface area contributed by atoms with E-state index in [0.717, 1.165) is 0 Å². The molecule has 100 valence electrons. The third-order valence-electron chi connectivity index (χ3n) is 2.36. The Hall–Kier alpha value is -1.63. The van der Waals surface area contributed by atoms with Crippen LogP contribution in [0, 0.1) is 5.92 Å². The Morgan fingerprint density at radius 3 is 2.72 bits per heavy atom. The minimum atomic E-state index is -0.470. The van der Waals surface area contributed by atoms with E-state index in [1.165, 1.54) is 18.4 Å². The van der Waals surface area contributed by atoms with E-state index in [1.54, 1.807) is 5.38 Å². The molecule has 0 fully saturated rings. The van der Waals surface area contributed by atoms with Gasteiger partial charge in [0, 0.05) is 5.38 Å². The summed E-state index contributed by atoms with van der Waals surface area (Å²) in [5.41, 5.74) is 5.91. The van der Waals surface area contributed by atoms with Gasteiger partial charge in [0.2, 0.25) is 5.91 Å². The number of esters is 1. The summed E-state index contributed by atoms with van der Waals surface area (Å²) >= 11 is 1.33. The van der Waals surface area contributed by atoms with Crippen molar-refractivity contribution in [2.75, 3.05) is 12.4 Å². The molecule has 1 heterocycles. The number of nitrogens with one attached hydrogen (secondary N) is 1. The number of nitrogens with zero attached hydrogens (tertiary/aromatic N) is 1. The average molecular weight is 271 g/mol. The van der Waals surface area contributed by atoms with Crippen molar-refractivity contribution >= 4 is 28.3 Å². The van der Waals surface area contributed by atoms with Gasteiger partial charge in [-0.15, -0.1) is 11.3 Å². The highest BCUT2D eigenvalue weighted by molar-refractivity contribution is 7.13. The third kappa shape index (κ3) is 3.99. The zero-order valence-corrected chi connectivity index (χ0v) is 11.4. The smallest absolute Gasteiger partial charge is 0.311 e. The molecule has 1 unspecified atom stereocenters. The van der Waals surface area contributed by atoms with Crippen LogP contribution in [0.15, 0.2) is 5.38 Å². The second-order valence-electron chi connectivity index (χ2n) is 4.17. The van der Waals surface area contributed by atoms with E-state index in [0.29, 0.717) is 10.8 Å². The van der Waals surface area contributed by atoms with Crippen molar-refractivity contribution in [3.63, 3.8) is 0 Å². The molecule has 1 atom stereocenters. The maximum absolute atomic E-state index is 11.2. The number of aromatic nitrogens is 1. The Labute approximate surface area is 110 Å². The molecule has 1 amide bonds. The number of ether oxygens (including phenoxy) is 1. The number of amides is 1. The lowest BCUT2D eigenvalue weighted by atomic mass is 10.0. The van der Waals surface area contributed by atoms with Crippen LogP contribution in [-0.2, 0) is 20.7 Å². The van der Waals surface area contributed by atoms with Gasteiger partial charge in [0.25, 0.3) is 0 Å². The molecule has 1 rings (SSSR count). The molecule has 0 saturated heterocycles. The number of thiazole rings is 1. The van der Waals surface area contributed by atoms with Crippen molar-refractivity contribution in [3.05, 3.63) is 11.1 Å². The molecule has 0 aliphatic rings. The van der Waals surface area contributed by atoms with Crippen LogP contribution in [0.3, 0.4) is 0 Å². The molecule has 0 radical (unpaired) electrons. The van der Waals surface area contributed by atoms with E-state index in [9.17, 15) is 9.59 Å². The molecule has 7 heteroatoms. The van der Waals surface area contributed by atoms with Crippen LogP contribution in [0.2, 0.25) is 0 Å². The number of anilines is 1. The summed E-state index contributed by atoms with van der Waals surface area (Å²) < 4.78 is 4.55. The monoisotopic (exact) mass is 271 g/mol. The number of carbonyl (C=O) groups is 2. The van der Waals surface area contributed by atoms with Gasteiger partial charge in [-0.25, -0.2) is 4.98 Å². The van der Waals surface area contributed by atoms with Gasteiger partial charge in [-0.1, -0.05) is 13.8 Å². The average Bonchev–Trinajstić information content (AvgIpc) is 2.72. The molecule has 0 spiro atoms.